The Labute approximate surface area is 121 Å². The van der Waals surface area contributed by atoms with Gasteiger partial charge >= 0.3 is 0 Å². The van der Waals surface area contributed by atoms with E-state index in [9.17, 15) is 0 Å². The van der Waals surface area contributed by atoms with Crippen molar-refractivity contribution in [3.8, 4) is 17.6 Å². The van der Waals surface area contributed by atoms with Gasteiger partial charge in [-0.25, -0.2) is 0 Å². The van der Waals surface area contributed by atoms with Crippen molar-refractivity contribution in [1.29, 1.82) is 5.26 Å². The van der Waals surface area contributed by atoms with E-state index in [4.69, 9.17) is 15.7 Å². The number of hydrogen-bond donors (Lipinski definition) is 1. The van der Waals surface area contributed by atoms with Crippen molar-refractivity contribution in [2.75, 3.05) is 5.73 Å². The fourth-order valence-corrected chi connectivity index (χ4v) is 2.51. The zero-order valence-corrected chi connectivity index (χ0v) is 12.3. The van der Waals surface area contributed by atoms with Gasteiger partial charge in [-0.1, -0.05) is 15.9 Å². The first-order chi connectivity index (χ1) is 8.60. The lowest BCUT2D eigenvalue weighted by Gasteiger charge is -2.09. The van der Waals surface area contributed by atoms with E-state index in [0.29, 0.717) is 22.7 Å². The van der Waals surface area contributed by atoms with Crippen LogP contribution in [0, 0.1) is 11.3 Å². The number of nitrogens with zero attached hydrogens (tertiary/aromatic N) is 1. The SMILES string of the molecule is N#Cc1cc(Oc2ccc(Br)cc2Br)ccc1N. The monoisotopic (exact) mass is 366 g/mol. The molecule has 2 rings (SSSR count). The van der Waals surface area contributed by atoms with Gasteiger partial charge in [0.1, 0.15) is 17.6 Å². The third kappa shape index (κ3) is 2.84. The normalized spacial score (nSPS) is 9.83. The number of nitrogen functional groups attached to an aromatic ring is 1. The summed E-state index contributed by atoms with van der Waals surface area (Å²) in [5.74, 6) is 1.25. The van der Waals surface area contributed by atoms with Gasteiger partial charge in [-0.3, -0.25) is 0 Å². The summed E-state index contributed by atoms with van der Waals surface area (Å²) in [6.07, 6.45) is 0. The molecule has 0 aliphatic rings. The van der Waals surface area contributed by atoms with Crippen LogP contribution in [0.5, 0.6) is 11.5 Å². The maximum atomic E-state index is 8.90. The maximum absolute atomic E-state index is 8.90. The zero-order valence-electron chi connectivity index (χ0n) is 9.15. The van der Waals surface area contributed by atoms with E-state index in [1.54, 1.807) is 18.2 Å². The third-order valence-corrected chi connectivity index (χ3v) is 3.38. The van der Waals surface area contributed by atoms with Crippen molar-refractivity contribution in [1.82, 2.24) is 0 Å². The van der Waals surface area contributed by atoms with Gasteiger partial charge in [-0.2, -0.15) is 5.26 Å². The molecular formula is C13H8Br2N2O. The smallest absolute Gasteiger partial charge is 0.141 e. The molecule has 0 heterocycles. The molecule has 0 fully saturated rings. The molecule has 0 aliphatic carbocycles. The number of nitriles is 1. The number of rotatable bonds is 2. The third-order valence-electron chi connectivity index (χ3n) is 2.27. The number of nitrogens with two attached hydrogens (primary N) is 1. The maximum Gasteiger partial charge on any atom is 0.141 e. The Balaban J connectivity index is 2.32. The van der Waals surface area contributed by atoms with Crippen LogP contribution in [0.4, 0.5) is 5.69 Å². The molecule has 0 unspecified atom stereocenters. The minimum Gasteiger partial charge on any atom is -0.456 e. The first-order valence-corrected chi connectivity index (χ1v) is 6.61. The van der Waals surface area contributed by atoms with E-state index in [2.05, 4.69) is 31.9 Å². The lowest BCUT2D eigenvalue weighted by atomic mass is 10.2. The molecule has 2 aromatic carbocycles. The van der Waals surface area contributed by atoms with Crippen molar-refractivity contribution < 1.29 is 4.74 Å². The predicted octanol–water partition coefficient (Wildman–Crippen LogP) is 4.46. The number of ether oxygens (including phenoxy) is 1. The summed E-state index contributed by atoms with van der Waals surface area (Å²) in [4.78, 5) is 0. The zero-order chi connectivity index (χ0) is 13.1. The standard InChI is InChI=1S/C13H8Br2N2O/c14-9-1-4-13(11(15)6-9)18-10-2-3-12(17)8(5-10)7-16/h1-6H,17H2. The molecule has 0 saturated carbocycles. The van der Waals surface area contributed by atoms with Gasteiger partial charge in [-0.15, -0.1) is 0 Å². The summed E-state index contributed by atoms with van der Waals surface area (Å²) < 4.78 is 7.47. The van der Waals surface area contributed by atoms with Crippen LogP contribution in [0.2, 0.25) is 0 Å². The minimum atomic E-state index is 0.403. The Morgan fingerprint density at radius 2 is 1.89 bits per heavy atom. The molecule has 0 saturated heterocycles. The van der Waals surface area contributed by atoms with Crippen LogP contribution >= 0.6 is 31.9 Å². The van der Waals surface area contributed by atoms with E-state index >= 15 is 0 Å². The topological polar surface area (TPSA) is 59.0 Å². The second kappa shape index (κ2) is 5.42. The minimum absolute atomic E-state index is 0.403. The number of hydrogen-bond acceptors (Lipinski definition) is 3. The second-order valence-electron chi connectivity index (χ2n) is 3.54. The molecule has 5 heteroatoms. The Morgan fingerprint density at radius 1 is 1.11 bits per heavy atom. The second-order valence-corrected chi connectivity index (χ2v) is 5.31. The van der Waals surface area contributed by atoms with Gasteiger partial charge in [0, 0.05) is 16.2 Å². The summed E-state index contributed by atoms with van der Waals surface area (Å²) in [6.45, 7) is 0. The highest BCUT2D eigenvalue weighted by Gasteiger charge is 2.05. The Hall–Kier alpha value is -1.51. The fourth-order valence-electron chi connectivity index (χ4n) is 1.38. The molecule has 0 bridgehead atoms. The van der Waals surface area contributed by atoms with E-state index in [1.807, 2.05) is 24.3 Å². The Kier molecular flexibility index (Phi) is 3.90. The highest BCUT2D eigenvalue weighted by molar-refractivity contribution is 9.11. The van der Waals surface area contributed by atoms with Gasteiger partial charge < -0.3 is 10.5 Å². The van der Waals surface area contributed by atoms with E-state index in [1.165, 1.54) is 0 Å². The van der Waals surface area contributed by atoms with Gasteiger partial charge in [0.25, 0.3) is 0 Å². The average molecular weight is 368 g/mol. The molecule has 0 radical (unpaired) electrons. The van der Waals surface area contributed by atoms with Crippen LogP contribution in [-0.2, 0) is 0 Å². The molecule has 2 N–H and O–H groups in total. The highest BCUT2D eigenvalue weighted by atomic mass is 79.9. The van der Waals surface area contributed by atoms with Gasteiger partial charge in [0.15, 0.2) is 0 Å². The van der Waals surface area contributed by atoms with E-state index in [0.717, 1.165) is 8.95 Å². The van der Waals surface area contributed by atoms with Crippen LogP contribution < -0.4 is 10.5 Å². The summed E-state index contributed by atoms with van der Waals surface area (Å²) in [5, 5.41) is 8.90. The molecule has 3 nitrogen and oxygen atoms in total. The summed E-state index contributed by atoms with van der Waals surface area (Å²) in [6, 6.07) is 12.6. The van der Waals surface area contributed by atoms with E-state index < -0.39 is 0 Å². The first kappa shape index (κ1) is 12.9. The fraction of sp³-hybridized carbons (Fsp3) is 0. The number of benzene rings is 2. The largest absolute Gasteiger partial charge is 0.456 e. The van der Waals surface area contributed by atoms with Crippen LogP contribution in [0.25, 0.3) is 0 Å². The Bertz CT molecular complexity index is 635. The first-order valence-electron chi connectivity index (χ1n) is 5.02. The van der Waals surface area contributed by atoms with Crippen LogP contribution in [0.1, 0.15) is 5.56 Å². The molecule has 0 atom stereocenters. The van der Waals surface area contributed by atoms with Gasteiger partial charge in [0.2, 0.25) is 0 Å². The quantitative estimate of drug-likeness (QED) is 0.797. The van der Waals surface area contributed by atoms with Crippen molar-refractivity contribution in [2.45, 2.75) is 0 Å². The molecule has 0 spiro atoms. The lowest BCUT2D eigenvalue weighted by molar-refractivity contribution is 0.479. The van der Waals surface area contributed by atoms with Gasteiger partial charge in [0.05, 0.1) is 10.0 Å². The molecule has 90 valence electrons. The molecule has 2 aromatic rings. The molecule has 0 aliphatic heterocycles. The predicted molar refractivity (Wildman–Crippen MR) is 77.5 cm³/mol. The van der Waals surface area contributed by atoms with E-state index in [-0.39, 0.29) is 0 Å². The van der Waals surface area contributed by atoms with Crippen molar-refractivity contribution >= 4 is 37.5 Å². The summed E-state index contributed by atoms with van der Waals surface area (Å²) >= 11 is 6.78. The number of halogens is 2. The lowest BCUT2D eigenvalue weighted by Crippen LogP contribution is -1.92. The van der Waals surface area contributed by atoms with Crippen LogP contribution in [-0.4, -0.2) is 0 Å². The van der Waals surface area contributed by atoms with Crippen LogP contribution in [0.3, 0.4) is 0 Å². The molecule has 18 heavy (non-hydrogen) atoms. The molecular weight excluding hydrogens is 360 g/mol. The molecule has 0 aromatic heterocycles. The average Bonchev–Trinajstić information content (AvgIpc) is 2.35. The van der Waals surface area contributed by atoms with Gasteiger partial charge in [-0.05, 0) is 46.3 Å². The Morgan fingerprint density at radius 3 is 2.56 bits per heavy atom. The van der Waals surface area contributed by atoms with Crippen molar-refractivity contribution in [3.05, 3.63) is 50.9 Å². The highest BCUT2D eigenvalue weighted by Crippen LogP contribution is 2.32. The number of anilines is 1. The van der Waals surface area contributed by atoms with Crippen molar-refractivity contribution in [2.24, 2.45) is 0 Å². The summed E-state index contributed by atoms with van der Waals surface area (Å²) in [7, 11) is 0. The summed E-state index contributed by atoms with van der Waals surface area (Å²) in [5.41, 5.74) is 6.50. The van der Waals surface area contributed by atoms with Crippen molar-refractivity contribution in [3.63, 3.8) is 0 Å². The molecule has 0 amide bonds. The van der Waals surface area contributed by atoms with Crippen LogP contribution in [0.15, 0.2) is 45.3 Å².